The van der Waals surface area contributed by atoms with Gasteiger partial charge in [-0.1, -0.05) is 0 Å². The molecule has 2 rings (SSSR count). The summed E-state index contributed by atoms with van der Waals surface area (Å²) < 4.78 is 5.28. The van der Waals surface area contributed by atoms with Crippen LogP contribution in [0.2, 0.25) is 0 Å². The molecule has 0 aromatic heterocycles. The van der Waals surface area contributed by atoms with Gasteiger partial charge >= 0.3 is 0 Å². The lowest BCUT2D eigenvalue weighted by atomic mass is 10.2. The predicted octanol–water partition coefficient (Wildman–Crippen LogP) is 1.80. The standard InChI is InChI=1S/C13H20N2O/c1-11-10-12(4-5-13(11)16-2)15-8-3-6-14-7-9-15/h4-5,10,14H,3,6-9H2,1-2H3. The van der Waals surface area contributed by atoms with E-state index in [0.29, 0.717) is 0 Å². The number of rotatable bonds is 2. The molecular weight excluding hydrogens is 200 g/mol. The Morgan fingerprint density at radius 2 is 2.12 bits per heavy atom. The molecule has 88 valence electrons. The highest BCUT2D eigenvalue weighted by Crippen LogP contribution is 2.24. The van der Waals surface area contributed by atoms with Gasteiger partial charge in [0.15, 0.2) is 0 Å². The summed E-state index contributed by atoms with van der Waals surface area (Å²) in [6.07, 6.45) is 1.21. The molecule has 0 unspecified atom stereocenters. The van der Waals surface area contributed by atoms with Crippen molar-refractivity contribution in [2.75, 3.05) is 38.2 Å². The number of benzene rings is 1. The van der Waals surface area contributed by atoms with Crippen LogP contribution >= 0.6 is 0 Å². The third kappa shape index (κ3) is 2.47. The summed E-state index contributed by atoms with van der Waals surface area (Å²) in [7, 11) is 1.72. The van der Waals surface area contributed by atoms with Gasteiger partial charge in [0, 0.05) is 25.3 Å². The minimum Gasteiger partial charge on any atom is -0.496 e. The summed E-state index contributed by atoms with van der Waals surface area (Å²) in [6.45, 7) is 6.53. The highest BCUT2D eigenvalue weighted by molar-refractivity contribution is 5.53. The van der Waals surface area contributed by atoms with E-state index in [4.69, 9.17) is 4.74 Å². The van der Waals surface area contributed by atoms with E-state index in [2.05, 4.69) is 35.3 Å². The second-order valence-electron chi connectivity index (χ2n) is 4.24. The van der Waals surface area contributed by atoms with Gasteiger partial charge in [-0.25, -0.2) is 0 Å². The number of nitrogens with zero attached hydrogens (tertiary/aromatic N) is 1. The van der Waals surface area contributed by atoms with Gasteiger partial charge in [-0.05, 0) is 43.7 Å². The van der Waals surface area contributed by atoms with E-state index in [-0.39, 0.29) is 0 Å². The van der Waals surface area contributed by atoms with Crippen LogP contribution in [0.4, 0.5) is 5.69 Å². The molecule has 1 aromatic carbocycles. The van der Waals surface area contributed by atoms with Crippen molar-refractivity contribution in [1.82, 2.24) is 5.32 Å². The molecule has 0 radical (unpaired) electrons. The van der Waals surface area contributed by atoms with Crippen molar-refractivity contribution in [3.05, 3.63) is 23.8 Å². The number of anilines is 1. The lowest BCUT2D eigenvalue weighted by Gasteiger charge is -2.23. The van der Waals surface area contributed by atoms with Crippen molar-refractivity contribution in [2.45, 2.75) is 13.3 Å². The van der Waals surface area contributed by atoms with Gasteiger partial charge in [0.25, 0.3) is 0 Å². The molecule has 0 spiro atoms. The van der Waals surface area contributed by atoms with Crippen molar-refractivity contribution >= 4 is 5.69 Å². The van der Waals surface area contributed by atoms with E-state index in [9.17, 15) is 0 Å². The van der Waals surface area contributed by atoms with Crippen LogP contribution in [0.25, 0.3) is 0 Å². The number of ether oxygens (including phenoxy) is 1. The lowest BCUT2D eigenvalue weighted by molar-refractivity contribution is 0.411. The molecule has 0 bridgehead atoms. The molecule has 0 amide bonds. The molecule has 3 heteroatoms. The summed E-state index contributed by atoms with van der Waals surface area (Å²) in [4.78, 5) is 2.44. The fourth-order valence-corrected chi connectivity index (χ4v) is 2.16. The Balaban J connectivity index is 2.16. The number of methoxy groups -OCH3 is 1. The first kappa shape index (κ1) is 11.3. The van der Waals surface area contributed by atoms with Gasteiger partial charge in [-0.3, -0.25) is 0 Å². The first-order chi connectivity index (χ1) is 7.81. The SMILES string of the molecule is COc1ccc(N2CCCNCC2)cc1C. The van der Waals surface area contributed by atoms with Crippen LogP contribution in [0.15, 0.2) is 18.2 Å². The summed E-state index contributed by atoms with van der Waals surface area (Å²) in [5.74, 6) is 0.969. The van der Waals surface area contributed by atoms with Crippen molar-refractivity contribution < 1.29 is 4.74 Å². The third-order valence-corrected chi connectivity index (χ3v) is 3.08. The number of hydrogen-bond acceptors (Lipinski definition) is 3. The zero-order chi connectivity index (χ0) is 11.4. The van der Waals surface area contributed by atoms with E-state index in [0.717, 1.165) is 31.9 Å². The minimum atomic E-state index is 0.969. The predicted molar refractivity (Wildman–Crippen MR) is 67.4 cm³/mol. The molecular formula is C13H20N2O. The van der Waals surface area contributed by atoms with Crippen LogP contribution < -0.4 is 15.0 Å². The summed E-state index contributed by atoms with van der Waals surface area (Å²) >= 11 is 0. The highest BCUT2D eigenvalue weighted by atomic mass is 16.5. The fourth-order valence-electron chi connectivity index (χ4n) is 2.16. The molecule has 0 saturated carbocycles. The van der Waals surface area contributed by atoms with Crippen LogP contribution in [0.3, 0.4) is 0 Å². The summed E-state index contributed by atoms with van der Waals surface area (Å²) in [5, 5.41) is 3.42. The van der Waals surface area contributed by atoms with E-state index in [1.165, 1.54) is 17.7 Å². The molecule has 1 heterocycles. The molecule has 1 aliphatic heterocycles. The van der Waals surface area contributed by atoms with E-state index in [1.54, 1.807) is 7.11 Å². The van der Waals surface area contributed by atoms with Gasteiger partial charge < -0.3 is 15.0 Å². The first-order valence-electron chi connectivity index (χ1n) is 5.91. The Morgan fingerprint density at radius 1 is 1.25 bits per heavy atom. The zero-order valence-electron chi connectivity index (χ0n) is 10.1. The van der Waals surface area contributed by atoms with Crippen LogP contribution in [0.1, 0.15) is 12.0 Å². The average molecular weight is 220 g/mol. The van der Waals surface area contributed by atoms with Crippen LogP contribution in [0.5, 0.6) is 5.75 Å². The topological polar surface area (TPSA) is 24.5 Å². The fraction of sp³-hybridized carbons (Fsp3) is 0.538. The first-order valence-corrected chi connectivity index (χ1v) is 5.91. The maximum atomic E-state index is 5.28. The minimum absolute atomic E-state index is 0.969. The van der Waals surface area contributed by atoms with Crippen LogP contribution in [-0.4, -0.2) is 33.3 Å². The Bertz CT molecular complexity index is 344. The third-order valence-electron chi connectivity index (χ3n) is 3.08. The van der Waals surface area contributed by atoms with Gasteiger partial charge in [0.2, 0.25) is 0 Å². The quantitative estimate of drug-likeness (QED) is 0.822. The molecule has 3 nitrogen and oxygen atoms in total. The van der Waals surface area contributed by atoms with E-state index in [1.807, 2.05) is 0 Å². The van der Waals surface area contributed by atoms with Crippen molar-refractivity contribution in [3.8, 4) is 5.75 Å². The van der Waals surface area contributed by atoms with Crippen LogP contribution in [-0.2, 0) is 0 Å². The summed E-state index contributed by atoms with van der Waals surface area (Å²) in [5.41, 5.74) is 2.51. The Kier molecular flexibility index (Phi) is 3.67. The molecule has 1 fully saturated rings. The number of aryl methyl sites for hydroxylation is 1. The molecule has 0 atom stereocenters. The van der Waals surface area contributed by atoms with E-state index < -0.39 is 0 Å². The van der Waals surface area contributed by atoms with Gasteiger partial charge in [0.1, 0.15) is 5.75 Å². The van der Waals surface area contributed by atoms with E-state index >= 15 is 0 Å². The van der Waals surface area contributed by atoms with Crippen molar-refractivity contribution in [3.63, 3.8) is 0 Å². The van der Waals surface area contributed by atoms with Crippen molar-refractivity contribution in [2.24, 2.45) is 0 Å². The highest BCUT2D eigenvalue weighted by Gasteiger charge is 2.10. The monoisotopic (exact) mass is 220 g/mol. The molecule has 16 heavy (non-hydrogen) atoms. The van der Waals surface area contributed by atoms with Gasteiger partial charge in [-0.2, -0.15) is 0 Å². The van der Waals surface area contributed by atoms with Gasteiger partial charge in [0.05, 0.1) is 7.11 Å². The largest absolute Gasteiger partial charge is 0.496 e. The van der Waals surface area contributed by atoms with Gasteiger partial charge in [-0.15, -0.1) is 0 Å². The zero-order valence-corrected chi connectivity index (χ0v) is 10.1. The number of nitrogens with one attached hydrogen (secondary N) is 1. The molecule has 1 N–H and O–H groups in total. The smallest absolute Gasteiger partial charge is 0.121 e. The van der Waals surface area contributed by atoms with Crippen LogP contribution in [0, 0.1) is 6.92 Å². The maximum absolute atomic E-state index is 5.28. The molecule has 1 aromatic rings. The second-order valence-corrected chi connectivity index (χ2v) is 4.24. The lowest BCUT2D eigenvalue weighted by Crippen LogP contribution is -2.27. The Hall–Kier alpha value is -1.22. The maximum Gasteiger partial charge on any atom is 0.121 e. The second kappa shape index (κ2) is 5.21. The van der Waals surface area contributed by atoms with Crippen molar-refractivity contribution in [1.29, 1.82) is 0 Å². The summed E-state index contributed by atoms with van der Waals surface area (Å²) in [6, 6.07) is 6.42. The Labute approximate surface area is 97.4 Å². The Morgan fingerprint density at radius 3 is 2.88 bits per heavy atom. The molecule has 0 aliphatic carbocycles. The normalized spacial score (nSPS) is 17.0. The average Bonchev–Trinajstić information content (AvgIpc) is 2.57. The molecule has 1 aliphatic rings. The number of hydrogen-bond donors (Lipinski definition) is 1. The molecule has 1 saturated heterocycles.